The minimum atomic E-state index is -0.303. The fourth-order valence-electron chi connectivity index (χ4n) is 3.00. The van der Waals surface area contributed by atoms with Gasteiger partial charge in [-0.3, -0.25) is 4.79 Å². The van der Waals surface area contributed by atoms with Crippen LogP contribution in [0.15, 0.2) is 48.5 Å². The molecular weight excluding hydrogens is 272 g/mol. The van der Waals surface area contributed by atoms with Gasteiger partial charge in [-0.1, -0.05) is 48.5 Å². The average Bonchev–Trinajstić information content (AvgIpc) is 3.35. The summed E-state index contributed by atoms with van der Waals surface area (Å²) in [6, 6.07) is 16.3. The summed E-state index contributed by atoms with van der Waals surface area (Å²) in [6.45, 7) is 3.19. The third-order valence-electron chi connectivity index (χ3n) is 4.56. The molecular formula is C19H22N2O. The van der Waals surface area contributed by atoms with Gasteiger partial charge in [0, 0.05) is 13.1 Å². The van der Waals surface area contributed by atoms with Gasteiger partial charge in [-0.25, -0.2) is 0 Å². The number of benzene rings is 2. The highest BCUT2D eigenvalue weighted by Crippen LogP contribution is 2.49. The summed E-state index contributed by atoms with van der Waals surface area (Å²) in [4.78, 5) is 12.6. The summed E-state index contributed by atoms with van der Waals surface area (Å²) < 4.78 is 0. The smallest absolute Gasteiger partial charge is 0.230 e. The molecule has 0 aromatic heterocycles. The normalized spacial score (nSPS) is 15.4. The Bertz CT molecular complexity index is 672. The number of hydrogen-bond acceptors (Lipinski definition) is 2. The van der Waals surface area contributed by atoms with Gasteiger partial charge in [0.15, 0.2) is 0 Å². The molecule has 0 bridgehead atoms. The fraction of sp³-hybridized carbons (Fsp3) is 0.316. The van der Waals surface area contributed by atoms with Gasteiger partial charge in [-0.2, -0.15) is 0 Å². The van der Waals surface area contributed by atoms with Crippen LogP contribution in [-0.2, 0) is 23.3 Å². The second kappa shape index (κ2) is 5.93. The van der Waals surface area contributed by atoms with Crippen LogP contribution in [0, 0.1) is 6.92 Å². The van der Waals surface area contributed by atoms with Crippen molar-refractivity contribution < 1.29 is 4.79 Å². The predicted octanol–water partition coefficient (Wildman–Crippen LogP) is 2.80. The van der Waals surface area contributed by atoms with Crippen molar-refractivity contribution in [2.45, 2.75) is 38.3 Å². The largest absolute Gasteiger partial charge is 0.351 e. The van der Waals surface area contributed by atoms with E-state index in [1.807, 2.05) is 36.4 Å². The Labute approximate surface area is 131 Å². The molecule has 3 rings (SSSR count). The van der Waals surface area contributed by atoms with Gasteiger partial charge in [-0.05, 0) is 42.0 Å². The van der Waals surface area contributed by atoms with Gasteiger partial charge in [0.05, 0.1) is 5.41 Å². The summed E-state index contributed by atoms with van der Waals surface area (Å²) >= 11 is 0. The minimum Gasteiger partial charge on any atom is -0.351 e. The molecule has 0 radical (unpaired) electrons. The number of carbonyl (C=O) groups excluding carboxylic acids is 1. The maximum atomic E-state index is 12.6. The molecule has 3 heteroatoms. The zero-order valence-corrected chi connectivity index (χ0v) is 12.9. The van der Waals surface area contributed by atoms with E-state index in [0.717, 1.165) is 24.0 Å². The van der Waals surface area contributed by atoms with Crippen LogP contribution in [0.1, 0.15) is 35.1 Å². The number of hydrogen-bond donors (Lipinski definition) is 2. The summed E-state index contributed by atoms with van der Waals surface area (Å²) in [5, 5.41) is 3.09. The van der Waals surface area contributed by atoms with Crippen molar-refractivity contribution in [1.82, 2.24) is 5.32 Å². The maximum Gasteiger partial charge on any atom is 0.230 e. The quantitative estimate of drug-likeness (QED) is 0.891. The van der Waals surface area contributed by atoms with E-state index in [2.05, 4.69) is 24.4 Å². The minimum absolute atomic E-state index is 0.143. The molecule has 0 spiro atoms. The van der Waals surface area contributed by atoms with E-state index in [-0.39, 0.29) is 11.3 Å². The zero-order chi connectivity index (χ0) is 15.6. The first-order valence-corrected chi connectivity index (χ1v) is 7.78. The molecule has 0 unspecified atom stereocenters. The van der Waals surface area contributed by atoms with Crippen LogP contribution in [0.4, 0.5) is 0 Å². The molecule has 0 saturated heterocycles. The van der Waals surface area contributed by atoms with E-state index in [4.69, 9.17) is 5.73 Å². The van der Waals surface area contributed by atoms with Crippen LogP contribution in [-0.4, -0.2) is 5.91 Å². The first-order valence-electron chi connectivity index (χ1n) is 7.78. The Morgan fingerprint density at radius 2 is 1.73 bits per heavy atom. The monoisotopic (exact) mass is 294 g/mol. The van der Waals surface area contributed by atoms with E-state index < -0.39 is 0 Å². The molecule has 1 fully saturated rings. The molecule has 1 amide bonds. The standard InChI is InChI=1S/C19H22N2O/c1-14-4-2-3-5-17(14)19(10-11-19)18(22)21-13-16-8-6-15(12-20)7-9-16/h2-9H,10-13,20H2,1H3,(H,21,22). The molecule has 0 heterocycles. The molecule has 0 aliphatic heterocycles. The third-order valence-corrected chi connectivity index (χ3v) is 4.56. The molecule has 1 aliphatic carbocycles. The maximum absolute atomic E-state index is 12.6. The topological polar surface area (TPSA) is 55.1 Å². The van der Waals surface area contributed by atoms with Crippen molar-refractivity contribution in [3.8, 4) is 0 Å². The SMILES string of the molecule is Cc1ccccc1C1(C(=O)NCc2ccc(CN)cc2)CC1. The summed E-state index contributed by atoms with van der Waals surface area (Å²) in [6.07, 6.45) is 1.88. The Morgan fingerprint density at radius 3 is 2.32 bits per heavy atom. The van der Waals surface area contributed by atoms with Crippen LogP contribution in [0.5, 0.6) is 0 Å². The van der Waals surface area contributed by atoms with E-state index in [1.54, 1.807) is 0 Å². The number of carbonyl (C=O) groups is 1. The highest BCUT2D eigenvalue weighted by molar-refractivity contribution is 5.91. The zero-order valence-electron chi connectivity index (χ0n) is 12.9. The lowest BCUT2D eigenvalue weighted by Crippen LogP contribution is -2.34. The van der Waals surface area contributed by atoms with Crippen LogP contribution in [0.3, 0.4) is 0 Å². The first-order chi connectivity index (χ1) is 10.7. The Kier molecular flexibility index (Phi) is 3.99. The Balaban J connectivity index is 1.68. The number of rotatable bonds is 5. The number of aryl methyl sites for hydroxylation is 1. The number of amides is 1. The van der Waals surface area contributed by atoms with Gasteiger partial charge in [-0.15, -0.1) is 0 Å². The van der Waals surface area contributed by atoms with Crippen molar-refractivity contribution in [2.75, 3.05) is 0 Å². The van der Waals surface area contributed by atoms with Crippen LogP contribution >= 0.6 is 0 Å². The van der Waals surface area contributed by atoms with Gasteiger partial charge in [0.1, 0.15) is 0 Å². The van der Waals surface area contributed by atoms with Crippen LogP contribution in [0.25, 0.3) is 0 Å². The first kappa shape index (κ1) is 14.8. The molecule has 3 N–H and O–H groups in total. The van der Waals surface area contributed by atoms with Crippen molar-refractivity contribution in [1.29, 1.82) is 0 Å². The van der Waals surface area contributed by atoms with E-state index in [0.29, 0.717) is 13.1 Å². The number of nitrogens with one attached hydrogen (secondary N) is 1. The molecule has 1 aliphatic rings. The van der Waals surface area contributed by atoms with Crippen molar-refractivity contribution >= 4 is 5.91 Å². The van der Waals surface area contributed by atoms with Gasteiger partial charge in [0.25, 0.3) is 0 Å². The van der Waals surface area contributed by atoms with Gasteiger partial charge < -0.3 is 11.1 Å². The van der Waals surface area contributed by atoms with Gasteiger partial charge >= 0.3 is 0 Å². The van der Waals surface area contributed by atoms with Crippen LogP contribution in [0.2, 0.25) is 0 Å². The molecule has 114 valence electrons. The number of nitrogens with two attached hydrogens (primary N) is 1. The van der Waals surface area contributed by atoms with E-state index in [1.165, 1.54) is 11.1 Å². The molecule has 22 heavy (non-hydrogen) atoms. The van der Waals surface area contributed by atoms with Crippen molar-refractivity contribution in [3.05, 3.63) is 70.8 Å². The van der Waals surface area contributed by atoms with Gasteiger partial charge in [0.2, 0.25) is 5.91 Å². The third kappa shape index (κ3) is 2.77. The van der Waals surface area contributed by atoms with E-state index >= 15 is 0 Å². The predicted molar refractivity (Wildman–Crippen MR) is 88.3 cm³/mol. The highest BCUT2D eigenvalue weighted by atomic mass is 16.2. The fourth-order valence-corrected chi connectivity index (χ4v) is 3.00. The molecule has 0 atom stereocenters. The molecule has 1 saturated carbocycles. The lowest BCUT2D eigenvalue weighted by Gasteiger charge is -2.18. The van der Waals surface area contributed by atoms with E-state index in [9.17, 15) is 4.79 Å². The summed E-state index contributed by atoms with van der Waals surface area (Å²) in [7, 11) is 0. The summed E-state index contributed by atoms with van der Waals surface area (Å²) in [5.74, 6) is 0.143. The lowest BCUT2D eigenvalue weighted by molar-refractivity contribution is -0.123. The molecule has 2 aromatic carbocycles. The second-order valence-corrected chi connectivity index (χ2v) is 6.10. The Morgan fingerprint density at radius 1 is 1.09 bits per heavy atom. The van der Waals surface area contributed by atoms with Crippen LogP contribution < -0.4 is 11.1 Å². The van der Waals surface area contributed by atoms with Crippen molar-refractivity contribution in [3.63, 3.8) is 0 Å². The molecule has 2 aromatic rings. The lowest BCUT2D eigenvalue weighted by atomic mass is 9.91. The average molecular weight is 294 g/mol. The second-order valence-electron chi connectivity index (χ2n) is 6.10. The summed E-state index contributed by atoms with van der Waals surface area (Å²) in [5.41, 5.74) is 9.87. The Hall–Kier alpha value is -2.13. The molecule has 3 nitrogen and oxygen atoms in total. The highest BCUT2D eigenvalue weighted by Gasteiger charge is 2.51. The van der Waals surface area contributed by atoms with Crippen molar-refractivity contribution in [2.24, 2.45) is 5.73 Å².